The quantitative estimate of drug-likeness (QED) is 0.0229. The summed E-state index contributed by atoms with van der Waals surface area (Å²) in [6.07, 6.45) is 1.83. The van der Waals surface area contributed by atoms with Gasteiger partial charge in [0.15, 0.2) is 0 Å². The highest BCUT2D eigenvalue weighted by Gasteiger charge is 2.42. The highest BCUT2D eigenvalue weighted by Crippen LogP contribution is 2.36. The molecule has 0 bridgehead atoms. The molecule has 12 nitrogen and oxygen atoms in total. The summed E-state index contributed by atoms with van der Waals surface area (Å²) < 4.78 is 29.4. The number of nitro benzene ring substituents is 1. The van der Waals surface area contributed by atoms with Crippen LogP contribution in [0.4, 0.5) is 17.1 Å². The number of carbonyl (C=O) groups excluding carboxylic acids is 2. The number of rotatable bonds is 17. The van der Waals surface area contributed by atoms with Crippen LogP contribution in [0.1, 0.15) is 31.4 Å². The number of hydrogen-bond acceptors (Lipinski definition) is 12. The molecule has 2 fully saturated rings. The van der Waals surface area contributed by atoms with Crippen molar-refractivity contribution in [2.45, 2.75) is 42.6 Å². The van der Waals surface area contributed by atoms with Crippen molar-refractivity contribution >= 4 is 96.6 Å². The third-order valence-electron chi connectivity index (χ3n) is 10.8. The van der Waals surface area contributed by atoms with E-state index in [1.165, 1.54) is 28.2 Å². The topological polar surface area (TPSA) is 145 Å². The van der Waals surface area contributed by atoms with Gasteiger partial charge in [-0.25, -0.2) is 13.1 Å². The first-order chi connectivity index (χ1) is 30.8. The molecule has 0 spiro atoms. The summed E-state index contributed by atoms with van der Waals surface area (Å²) in [6.45, 7) is 8.40. The molecule has 2 aliphatic heterocycles. The Morgan fingerprint density at radius 2 is 1.62 bits per heavy atom. The minimum absolute atomic E-state index is 0.113. The summed E-state index contributed by atoms with van der Waals surface area (Å²) in [7, 11) is -4.59. The lowest BCUT2D eigenvalue weighted by atomic mass is 9.99. The molecule has 1 atom stereocenters. The second-order valence-corrected chi connectivity index (χ2v) is 20.7. The Morgan fingerprint density at radius 1 is 0.938 bits per heavy atom. The van der Waals surface area contributed by atoms with E-state index in [-0.39, 0.29) is 22.3 Å². The first-order valence-electron chi connectivity index (χ1n) is 20.7. The monoisotopic (exact) mass is 954 g/mol. The van der Waals surface area contributed by atoms with E-state index in [1.807, 2.05) is 80.6 Å². The van der Waals surface area contributed by atoms with Gasteiger partial charge in [0.1, 0.15) is 16.0 Å². The number of amides is 2. The molecule has 5 aromatic carbocycles. The Hall–Kier alpha value is -5.23. The van der Waals surface area contributed by atoms with Gasteiger partial charge in [-0.2, -0.15) is 0 Å². The third kappa shape index (κ3) is 11.7. The van der Waals surface area contributed by atoms with Gasteiger partial charge in [0.25, 0.3) is 27.5 Å². The zero-order chi connectivity index (χ0) is 45.4. The van der Waals surface area contributed by atoms with E-state index in [2.05, 4.69) is 56.2 Å². The Bertz CT molecular complexity index is 2640. The molecule has 2 heterocycles. The molecule has 2 N–H and O–H groups in total. The van der Waals surface area contributed by atoms with Gasteiger partial charge in [0.05, 0.1) is 14.7 Å². The van der Waals surface area contributed by atoms with Gasteiger partial charge in [0.2, 0.25) is 0 Å². The molecule has 2 aliphatic rings. The standard InChI is InChI=1S/C47H47ClN6O6S4/c1-32(2)28-43(45(55)50-64(59,60)39-20-21-41(42(30-39)54(57)58)49-22-27-62-38-9-4-3-5-10-38)53-46(56)44(63-47(53)61)29-33-12-18-37(19-13-33)52-25-23-51(24-26-52)31-35-8-6-7-11-40(35)34-14-16-36(48)17-15-34/h3-21,29-30,32,43,49H,22-28,31H2,1-2H3,(H,50,55)/b44-29-. The molecule has 64 heavy (non-hydrogen) atoms. The molecule has 0 aliphatic carbocycles. The Labute approximate surface area is 392 Å². The van der Waals surface area contributed by atoms with Gasteiger partial charge in [-0.1, -0.05) is 116 Å². The Kier molecular flexibility index (Phi) is 15.5. The summed E-state index contributed by atoms with van der Waals surface area (Å²) in [5.74, 6) is -0.999. The third-order valence-corrected chi connectivity index (χ3v) is 14.7. The summed E-state index contributed by atoms with van der Waals surface area (Å²) >= 11 is 14.4. The molecule has 332 valence electrons. The summed E-state index contributed by atoms with van der Waals surface area (Å²) in [5.41, 5.74) is 5.12. The molecule has 5 aromatic rings. The summed E-state index contributed by atoms with van der Waals surface area (Å²) in [6, 6.07) is 36.2. The summed E-state index contributed by atoms with van der Waals surface area (Å²) in [5, 5.41) is 15.7. The van der Waals surface area contributed by atoms with Crippen LogP contribution in [0.3, 0.4) is 0 Å². The van der Waals surface area contributed by atoms with Crippen LogP contribution in [0, 0.1) is 16.0 Å². The SMILES string of the molecule is CC(C)CC(C(=O)NS(=O)(=O)c1ccc(NCCSc2ccccc2)c([N+](=O)[O-])c1)N1C(=O)/C(=C/c2ccc(N3CCN(Cc4ccccc4-c4ccc(Cl)cc4)CC3)cc2)SC1=S. The molecule has 2 amide bonds. The number of hydrogen-bond donors (Lipinski definition) is 2. The minimum atomic E-state index is -4.59. The molecule has 0 saturated carbocycles. The first-order valence-corrected chi connectivity index (χ1v) is 24.8. The van der Waals surface area contributed by atoms with E-state index in [9.17, 15) is 28.1 Å². The average molecular weight is 956 g/mol. The zero-order valence-electron chi connectivity index (χ0n) is 35.2. The van der Waals surface area contributed by atoms with Gasteiger partial charge >= 0.3 is 0 Å². The van der Waals surface area contributed by atoms with Crippen molar-refractivity contribution in [2.75, 3.05) is 48.7 Å². The number of thioether (sulfide) groups is 2. The molecule has 7 rings (SSSR count). The van der Waals surface area contributed by atoms with Crippen molar-refractivity contribution in [1.29, 1.82) is 0 Å². The van der Waals surface area contributed by atoms with Crippen LogP contribution < -0.4 is 14.9 Å². The van der Waals surface area contributed by atoms with E-state index >= 15 is 0 Å². The maximum absolute atomic E-state index is 13.9. The Balaban J connectivity index is 0.968. The van der Waals surface area contributed by atoms with Crippen molar-refractivity contribution in [3.05, 3.63) is 152 Å². The number of nitro groups is 1. The van der Waals surface area contributed by atoms with Crippen LogP contribution in [0.25, 0.3) is 17.2 Å². The van der Waals surface area contributed by atoms with Crippen LogP contribution in [-0.2, 0) is 26.2 Å². The Morgan fingerprint density at radius 3 is 2.31 bits per heavy atom. The van der Waals surface area contributed by atoms with Gasteiger partial charge < -0.3 is 10.2 Å². The average Bonchev–Trinajstić information content (AvgIpc) is 3.56. The lowest BCUT2D eigenvalue weighted by molar-refractivity contribution is -0.384. The van der Waals surface area contributed by atoms with Crippen molar-refractivity contribution < 1.29 is 22.9 Å². The first kappa shape index (κ1) is 46.8. The van der Waals surface area contributed by atoms with Crippen LogP contribution in [0.5, 0.6) is 0 Å². The van der Waals surface area contributed by atoms with Gasteiger partial charge in [-0.3, -0.25) is 29.5 Å². The molecule has 17 heteroatoms. The predicted octanol–water partition coefficient (Wildman–Crippen LogP) is 9.56. The van der Waals surface area contributed by atoms with Crippen molar-refractivity contribution in [2.24, 2.45) is 5.92 Å². The van der Waals surface area contributed by atoms with Crippen LogP contribution in [-0.4, -0.2) is 83.8 Å². The van der Waals surface area contributed by atoms with E-state index in [0.717, 1.165) is 72.3 Å². The van der Waals surface area contributed by atoms with Gasteiger partial charge in [-0.05, 0) is 89.2 Å². The van der Waals surface area contributed by atoms with E-state index < -0.39 is 43.4 Å². The number of carbonyl (C=O) groups is 2. The normalized spacial score (nSPS) is 15.8. The molecule has 0 radical (unpaired) electrons. The van der Waals surface area contributed by atoms with E-state index in [4.69, 9.17) is 23.8 Å². The minimum Gasteiger partial charge on any atom is -0.379 e. The number of nitrogens with zero attached hydrogens (tertiary/aromatic N) is 4. The lowest BCUT2D eigenvalue weighted by Gasteiger charge is -2.36. The highest BCUT2D eigenvalue weighted by molar-refractivity contribution is 8.26. The van der Waals surface area contributed by atoms with Crippen LogP contribution >= 0.6 is 47.3 Å². The molecule has 1 unspecified atom stereocenters. The number of piperazine rings is 1. The smallest absolute Gasteiger partial charge is 0.293 e. The fourth-order valence-electron chi connectivity index (χ4n) is 7.54. The number of anilines is 2. The summed E-state index contributed by atoms with van der Waals surface area (Å²) in [4.78, 5) is 46.0. The molecular weight excluding hydrogens is 908 g/mol. The second-order valence-electron chi connectivity index (χ2n) is 15.7. The molecule has 0 aromatic heterocycles. The fraction of sp³-hybridized carbons (Fsp3) is 0.255. The zero-order valence-corrected chi connectivity index (χ0v) is 39.2. The van der Waals surface area contributed by atoms with E-state index in [0.29, 0.717) is 22.2 Å². The van der Waals surface area contributed by atoms with E-state index in [1.54, 1.807) is 17.8 Å². The number of sulfonamides is 1. The predicted molar refractivity (Wildman–Crippen MR) is 263 cm³/mol. The maximum Gasteiger partial charge on any atom is 0.293 e. The fourth-order valence-corrected chi connectivity index (χ4v) is 10.8. The van der Waals surface area contributed by atoms with Crippen LogP contribution in [0.2, 0.25) is 5.02 Å². The van der Waals surface area contributed by atoms with Crippen molar-refractivity contribution in [3.8, 4) is 11.1 Å². The maximum atomic E-state index is 13.9. The van der Waals surface area contributed by atoms with Gasteiger partial charge in [-0.15, -0.1) is 11.8 Å². The number of nitrogens with one attached hydrogen (secondary N) is 2. The molecular formula is C47H47ClN6O6S4. The number of halogens is 1. The van der Waals surface area contributed by atoms with Crippen molar-refractivity contribution in [1.82, 2.24) is 14.5 Å². The van der Waals surface area contributed by atoms with Crippen molar-refractivity contribution in [3.63, 3.8) is 0 Å². The lowest BCUT2D eigenvalue weighted by Crippen LogP contribution is -2.50. The number of thiocarbonyl (C=S) groups is 1. The molecule has 2 saturated heterocycles. The number of benzene rings is 5. The van der Waals surface area contributed by atoms with Gasteiger partial charge in [0, 0.05) is 66.7 Å². The largest absolute Gasteiger partial charge is 0.379 e. The van der Waals surface area contributed by atoms with Crippen LogP contribution in [0.15, 0.2) is 136 Å². The highest BCUT2D eigenvalue weighted by atomic mass is 35.5. The second kappa shape index (κ2) is 21.2.